The van der Waals surface area contributed by atoms with Crippen molar-refractivity contribution < 1.29 is 8.83 Å². The van der Waals surface area contributed by atoms with E-state index in [0.717, 1.165) is 22.0 Å². The second-order valence-corrected chi connectivity index (χ2v) is 4.10. The van der Waals surface area contributed by atoms with Crippen LogP contribution in [0.1, 0.15) is 17.3 Å². The second kappa shape index (κ2) is 4.68. The van der Waals surface area contributed by atoms with Crippen molar-refractivity contribution in [1.29, 1.82) is 0 Å². The van der Waals surface area contributed by atoms with E-state index >= 15 is 0 Å². The number of nitrogens with one attached hydrogen (secondary N) is 1. The van der Waals surface area contributed by atoms with Gasteiger partial charge in [-0.15, -0.1) is 0 Å². The van der Waals surface area contributed by atoms with E-state index in [2.05, 4.69) is 21.2 Å². The van der Waals surface area contributed by atoms with E-state index in [1.807, 2.05) is 31.2 Å². The minimum Gasteiger partial charge on any atom is -0.465 e. The van der Waals surface area contributed by atoms with Crippen LogP contribution in [0.2, 0.25) is 0 Å². The molecular weight excluding hydrogens is 258 g/mol. The molecule has 0 unspecified atom stereocenters. The molecule has 0 aliphatic heterocycles. The van der Waals surface area contributed by atoms with Crippen LogP contribution in [0.25, 0.3) is 0 Å². The van der Waals surface area contributed by atoms with Gasteiger partial charge in [-0.3, -0.25) is 0 Å². The van der Waals surface area contributed by atoms with Gasteiger partial charge in [0, 0.05) is 0 Å². The number of furan rings is 2. The monoisotopic (exact) mass is 269 g/mol. The first kappa shape index (κ1) is 10.5. The summed E-state index contributed by atoms with van der Waals surface area (Å²) in [5.74, 6) is 2.79. The van der Waals surface area contributed by atoms with E-state index in [9.17, 15) is 0 Å². The van der Waals surface area contributed by atoms with E-state index in [4.69, 9.17) is 8.83 Å². The Morgan fingerprint density at radius 1 is 1.07 bits per heavy atom. The molecule has 0 fully saturated rings. The van der Waals surface area contributed by atoms with E-state index in [1.165, 1.54) is 0 Å². The summed E-state index contributed by atoms with van der Waals surface area (Å²) < 4.78 is 11.5. The smallest absolute Gasteiger partial charge is 0.169 e. The van der Waals surface area contributed by atoms with E-state index in [0.29, 0.717) is 13.1 Å². The molecule has 0 bridgehead atoms. The van der Waals surface area contributed by atoms with Gasteiger partial charge in [-0.25, -0.2) is 0 Å². The van der Waals surface area contributed by atoms with Gasteiger partial charge >= 0.3 is 0 Å². The molecule has 3 nitrogen and oxygen atoms in total. The molecule has 0 amide bonds. The Kier molecular flexibility index (Phi) is 3.28. The lowest BCUT2D eigenvalue weighted by Gasteiger charge is -1.99. The van der Waals surface area contributed by atoms with E-state index < -0.39 is 0 Å². The first-order valence-electron chi connectivity index (χ1n) is 4.74. The molecule has 0 aliphatic carbocycles. The minimum atomic E-state index is 0.700. The Balaban J connectivity index is 1.80. The molecule has 2 aromatic heterocycles. The van der Waals surface area contributed by atoms with Gasteiger partial charge in [0.05, 0.1) is 13.1 Å². The number of halogens is 1. The first-order valence-corrected chi connectivity index (χ1v) is 5.53. The van der Waals surface area contributed by atoms with Crippen LogP contribution < -0.4 is 5.32 Å². The Hall–Kier alpha value is -1.00. The van der Waals surface area contributed by atoms with Gasteiger partial charge in [0.1, 0.15) is 17.3 Å². The zero-order valence-corrected chi connectivity index (χ0v) is 10.0. The maximum absolute atomic E-state index is 5.42. The quantitative estimate of drug-likeness (QED) is 0.926. The van der Waals surface area contributed by atoms with Crippen molar-refractivity contribution in [2.75, 3.05) is 0 Å². The molecule has 0 radical (unpaired) electrons. The third-order valence-electron chi connectivity index (χ3n) is 2.02. The molecule has 2 rings (SSSR count). The van der Waals surface area contributed by atoms with Gasteiger partial charge in [-0.05, 0) is 47.1 Å². The van der Waals surface area contributed by atoms with Gasteiger partial charge < -0.3 is 14.2 Å². The summed E-state index contributed by atoms with van der Waals surface area (Å²) >= 11 is 3.26. The van der Waals surface area contributed by atoms with Crippen molar-refractivity contribution >= 4 is 15.9 Å². The summed E-state index contributed by atoms with van der Waals surface area (Å²) in [5.41, 5.74) is 0. The van der Waals surface area contributed by atoms with Crippen molar-refractivity contribution in [2.24, 2.45) is 0 Å². The van der Waals surface area contributed by atoms with Gasteiger partial charge in [0.25, 0.3) is 0 Å². The third-order valence-corrected chi connectivity index (χ3v) is 2.45. The fourth-order valence-electron chi connectivity index (χ4n) is 1.34. The maximum atomic E-state index is 5.42. The lowest BCUT2D eigenvalue weighted by atomic mass is 10.4. The molecule has 0 aromatic carbocycles. The number of hydrogen-bond donors (Lipinski definition) is 1. The van der Waals surface area contributed by atoms with Gasteiger partial charge in [0.2, 0.25) is 0 Å². The van der Waals surface area contributed by atoms with Crippen LogP contribution in [0.5, 0.6) is 0 Å². The number of hydrogen-bond acceptors (Lipinski definition) is 3. The maximum Gasteiger partial charge on any atom is 0.169 e. The van der Waals surface area contributed by atoms with Gasteiger partial charge in [-0.1, -0.05) is 0 Å². The highest BCUT2D eigenvalue weighted by molar-refractivity contribution is 9.10. The third kappa shape index (κ3) is 2.97. The van der Waals surface area contributed by atoms with Crippen LogP contribution in [-0.2, 0) is 13.1 Å². The molecule has 0 saturated carbocycles. The van der Waals surface area contributed by atoms with Crippen LogP contribution in [0.15, 0.2) is 37.8 Å². The zero-order valence-electron chi connectivity index (χ0n) is 8.42. The molecular formula is C11H12BrNO2. The molecule has 80 valence electrons. The van der Waals surface area contributed by atoms with Crippen molar-refractivity contribution in [3.63, 3.8) is 0 Å². The largest absolute Gasteiger partial charge is 0.465 e. The minimum absolute atomic E-state index is 0.700. The van der Waals surface area contributed by atoms with Crippen LogP contribution in [0, 0.1) is 6.92 Å². The summed E-state index contributed by atoms with van der Waals surface area (Å²) in [5, 5.41) is 3.24. The van der Waals surface area contributed by atoms with Crippen LogP contribution >= 0.6 is 15.9 Å². The predicted octanol–water partition coefficient (Wildman–Crippen LogP) is 3.23. The SMILES string of the molecule is Cc1ccc(CNCc2ccc(Br)o2)o1. The summed E-state index contributed by atoms with van der Waals surface area (Å²) in [6, 6.07) is 7.75. The molecule has 0 spiro atoms. The van der Waals surface area contributed by atoms with Crippen molar-refractivity contribution in [1.82, 2.24) is 5.32 Å². The van der Waals surface area contributed by atoms with Gasteiger partial charge in [0.15, 0.2) is 4.67 Å². The van der Waals surface area contributed by atoms with Crippen molar-refractivity contribution in [3.05, 3.63) is 46.2 Å². The predicted molar refractivity (Wildman–Crippen MR) is 60.4 cm³/mol. The molecule has 1 N–H and O–H groups in total. The summed E-state index contributed by atoms with van der Waals surface area (Å²) in [6.45, 7) is 3.35. The normalized spacial score (nSPS) is 10.8. The number of rotatable bonds is 4. The highest BCUT2D eigenvalue weighted by atomic mass is 79.9. The Morgan fingerprint density at radius 3 is 2.27 bits per heavy atom. The summed E-state index contributed by atoms with van der Waals surface area (Å²) in [6.07, 6.45) is 0. The van der Waals surface area contributed by atoms with E-state index in [1.54, 1.807) is 0 Å². The summed E-state index contributed by atoms with van der Waals surface area (Å²) in [4.78, 5) is 0. The molecule has 15 heavy (non-hydrogen) atoms. The highest BCUT2D eigenvalue weighted by Gasteiger charge is 2.00. The fourth-order valence-corrected chi connectivity index (χ4v) is 1.68. The molecule has 4 heteroatoms. The molecule has 0 saturated heterocycles. The fraction of sp³-hybridized carbons (Fsp3) is 0.273. The zero-order chi connectivity index (χ0) is 10.7. The van der Waals surface area contributed by atoms with Gasteiger partial charge in [-0.2, -0.15) is 0 Å². The number of aryl methyl sites for hydroxylation is 1. The van der Waals surface area contributed by atoms with Crippen LogP contribution in [-0.4, -0.2) is 0 Å². The first-order chi connectivity index (χ1) is 7.24. The Bertz CT molecular complexity index is 393. The Morgan fingerprint density at radius 2 is 1.73 bits per heavy atom. The highest BCUT2D eigenvalue weighted by Crippen LogP contribution is 2.14. The second-order valence-electron chi connectivity index (χ2n) is 3.32. The Labute approximate surface area is 96.6 Å². The standard InChI is InChI=1S/C11H12BrNO2/c1-8-2-3-9(14-8)6-13-7-10-4-5-11(12)15-10/h2-5,13H,6-7H2,1H3. The van der Waals surface area contributed by atoms with E-state index in [-0.39, 0.29) is 0 Å². The lowest BCUT2D eigenvalue weighted by molar-refractivity contribution is 0.434. The molecule has 0 aliphatic rings. The average Bonchev–Trinajstić information content (AvgIpc) is 2.76. The molecule has 2 heterocycles. The molecule has 2 aromatic rings. The summed E-state index contributed by atoms with van der Waals surface area (Å²) in [7, 11) is 0. The molecule has 0 atom stereocenters. The lowest BCUT2D eigenvalue weighted by Crippen LogP contribution is -2.11. The average molecular weight is 270 g/mol. The van der Waals surface area contributed by atoms with Crippen molar-refractivity contribution in [2.45, 2.75) is 20.0 Å². The van der Waals surface area contributed by atoms with Crippen LogP contribution in [0.4, 0.5) is 0 Å². The van der Waals surface area contributed by atoms with Crippen LogP contribution in [0.3, 0.4) is 0 Å². The van der Waals surface area contributed by atoms with Crippen molar-refractivity contribution in [3.8, 4) is 0 Å². The topological polar surface area (TPSA) is 38.3 Å².